The van der Waals surface area contributed by atoms with Gasteiger partial charge in [-0.2, -0.15) is 0 Å². The zero-order chi connectivity index (χ0) is 11.7. The molecule has 0 saturated heterocycles. The molecule has 0 saturated carbocycles. The standard InChI is InChI=1S/C15H22N2/c1-16-12-7-8-14-13-5-3-2-4-11(13)6-9-15(14)17-10-12/h6,9,12,16-17H,2-5,7-8,10H2,1H3. The van der Waals surface area contributed by atoms with Gasteiger partial charge in [0, 0.05) is 18.3 Å². The highest BCUT2D eigenvalue weighted by Gasteiger charge is 2.20. The van der Waals surface area contributed by atoms with Crippen LogP contribution in [0, 0.1) is 0 Å². The zero-order valence-electron chi connectivity index (χ0n) is 10.7. The molecule has 2 aliphatic rings. The summed E-state index contributed by atoms with van der Waals surface area (Å²) in [6, 6.07) is 5.26. The van der Waals surface area contributed by atoms with Crippen LogP contribution in [0.3, 0.4) is 0 Å². The van der Waals surface area contributed by atoms with Crippen molar-refractivity contribution < 1.29 is 0 Å². The van der Waals surface area contributed by atoms with Gasteiger partial charge in [-0.25, -0.2) is 0 Å². The van der Waals surface area contributed by atoms with Crippen LogP contribution in [-0.2, 0) is 19.3 Å². The van der Waals surface area contributed by atoms with Gasteiger partial charge in [0.25, 0.3) is 0 Å². The third-order valence-corrected chi connectivity index (χ3v) is 4.34. The molecular weight excluding hydrogens is 208 g/mol. The van der Waals surface area contributed by atoms with Gasteiger partial charge in [-0.1, -0.05) is 6.07 Å². The van der Waals surface area contributed by atoms with Crippen LogP contribution in [0.1, 0.15) is 36.0 Å². The molecule has 0 amide bonds. The van der Waals surface area contributed by atoms with E-state index in [1.165, 1.54) is 44.2 Å². The Morgan fingerprint density at radius 3 is 2.88 bits per heavy atom. The fraction of sp³-hybridized carbons (Fsp3) is 0.600. The van der Waals surface area contributed by atoms with Crippen molar-refractivity contribution in [1.82, 2.24) is 5.32 Å². The van der Waals surface area contributed by atoms with Crippen molar-refractivity contribution in [1.29, 1.82) is 0 Å². The van der Waals surface area contributed by atoms with E-state index in [9.17, 15) is 0 Å². The highest BCUT2D eigenvalue weighted by atomic mass is 15.0. The van der Waals surface area contributed by atoms with E-state index in [0.29, 0.717) is 6.04 Å². The molecule has 2 heteroatoms. The third-order valence-electron chi connectivity index (χ3n) is 4.34. The number of anilines is 1. The first kappa shape index (κ1) is 11.1. The highest BCUT2D eigenvalue weighted by Crippen LogP contribution is 2.32. The molecule has 1 aromatic carbocycles. The van der Waals surface area contributed by atoms with Gasteiger partial charge >= 0.3 is 0 Å². The van der Waals surface area contributed by atoms with Crippen molar-refractivity contribution >= 4 is 5.69 Å². The van der Waals surface area contributed by atoms with E-state index in [2.05, 4.69) is 29.8 Å². The van der Waals surface area contributed by atoms with Gasteiger partial charge in [0.05, 0.1) is 0 Å². The Balaban J connectivity index is 1.95. The second kappa shape index (κ2) is 4.69. The largest absolute Gasteiger partial charge is 0.383 e. The van der Waals surface area contributed by atoms with E-state index in [-0.39, 0.29) is 0 Å². The van der Waals surface area contributed by atoms with Crippen molar-refractivity contribution in [3.63, 3.8) is 0 Å². The summed E-state index contributed by atoms with van der Waals surface area (Å²) in [6.45, 7) is 1.06. The SMILES string of the molecule is CNC1CCc2c(ccc3c2CCCC3)NC1. The molecule has 0 fully saturated rings. The third kappa shape index (κ3) is 2.06. The molecule has 0 aromatic heterocycles. The van der Waals surface area contributed by atoms with Crippen molar-refractivity contribution in [3.8, 4) is 0 Å². The number of benzene rings is 1. The summed E-state index contributed by atoms with van der Waals surface area (Å²) in [7, 11) is 2.07. The van der Waals surface area contributed by atoms with Crippen LogP contribution in [0.4, 0.5) is 5.69 Å². The minimum absolute atomic E-state index is 0.613. The molecule has 1 aliphatic carbocycles. The van der Waals surface area contributed by atoms with E-state index >= 15 is 0 Å². The predicted octanol–water partition coefficient (Wildman–Crippen LogP) is 2.51. The monoisotopic (exact) mass is 230 g/mol. The molecule has 1 aliphatic heterocycles. The van der Waals surface area contributed by atoms with Gasteiger partial charge < -0.3 is 10.6 Å². The summed E-state index contributed by atoms with van der Waals surface area (Å²) in [4.78, 5) is 0. The van der Waals surface area contributed by atoms with Crippen LogP contribution in [0.25, 0.3) is 0 Å². The first-order valence-electron chi connectivity index (χ1n) is 6.93. The topological polar surface area (TPSA) is 24.1 Å². The number of hydrogen-bond donors (Lipinski definition) is 2. The fourth-order valence-electron chi connectivity index (χ4n) is 3.26. The Labute approximate surface area is 104 Å². The van der Waals surface area contributed by atoms with E-state index in [4.69, 9.17) is 0 Å². The van der Waals surface area contributed by atoms with Gasteiger partial charge in [-0.15, -0.1) is 0 Å². The maximum atomic E-state index is 3.61. The molecule has 17 heavy (non-hydrogen) atoms. The van der Waals surface area contributed by atoms with Crippen molar-refractivity contribution in [3.05, 3.63) is 28.8 Å². The van der Waals surface area contributed by atoms with E-state index in [1.807, 2.05) is 0 Å². The van der Waals surface area contributed by atoms with Crippen molar-refractivity contribution in [2.75, 3.05) is 18.9 Å². The number of fused-ring (bicyclic) bond motifs is 3. The lowest BCUT2D eigenvalue weighted by Gasteiger charge is -2.21. The molecule has 1 unspecified atom stereocenters. The van der Waals surface area contributed by atoms with Crippen molar-refractivity contribution in [2.24, 2.45) is 0 Å². The molecule has 0 spiro atoms. The molecule has 1 aromatic rings. The highest BCUT2D eigenvalue weighted by molar-refractivity contribution is 5.58. The molecule has 0 radical (unpaired) electrons. The van der Waals surface area contributed by atoms with Gasteiger partial charge in [-0.05, 0) is 68.3 Å². The summed E-state index contributed by atoms with van der Waals surface area (Å²) in [5.41, 5.74) is 6.28. The van der Waals surface area contributed by atoms with Gasteiger partial charge in [0.15, 0.2) is 0 Å². The smallest absolute Gasteiger partial charge is 0.0376 e. The lowest BCUT2D eigenvalue weighted by atomic mass is 9.86. The number of likely N-dealkylation sites (N-methyl/N-ethyl adjacent to an activating group) is 1. The number of hydrogen-bond acceptors (Lipinski definition) is 2. The van der Waals surface area contributed by atoms with Gasteiger partial charge in [-0.3, -0.25) is 0 Å². The van der Waals surface area contributed by atoms with Crippen LogP contribution in [0.15, 0.2) is 12.1 Å². The maximum Gasteiger partial charge on any atom is 0.0376 e. The second-order valence-corrected chi connectivity index (χ2v) is 5.34. The maximum absolute atomic E-state index is 3.61. The van der Waals surface area contributed by atoms with Crippen LogP contribution >= 0.6 is 0 Å². The molecule has 92 valence electrons. The van der Waals surface area contributed by atoms with E-state index in [0.717, 1.165) is 6.54 Å². The number of rotatable bonds is 1. The zero-order valence-corrected chi connectivity index (χ0v) is 10.7. The van der Waals surface area contributed by atoms with Crippen LogP contribution < -0.4 is 10.6 Å². The Bertz CT molecular complexity index is 412. The molecule has 2 nitrogen and oxygen atoms in total. The Hall–Kier alpha value is -1.02. The normalized spacial score (nSPS) is 23.2. The number of nitrogens with one attached hydrogen (secondary N) is 2. The average molecular weight is 230 g/mol. The van der Waals surface area contributed by atoms with E-state index < -0.39 is 0 Å². The molecule has 1 heterocycles. The minimum Gasteiger partial charge on any atom is -0.383 e. The molecule has 3 rings (SSSR count). The van der Waals surface area contributed by atoms with E-state index in [1.54, 1.807) is 16.7 Å². The summed E-state index contributed by atoms with van der Waals surface area (Å²) in [5.74, 6) is 0. The molecule has 0 bridgehead atoms. The van der Waals surface area contributed by atoms with Gasteiger partial charge in [0.1, 0.15) is 0 Å². The molecular formula is C15H22N2. The Morgan fingerprint density at radius 1 is 1.12 bits per heavy atom. The van der Waals surface area contributed by atoms with Crippen molar-refractivity contribution in [2.45, 2.75) is 44.6 Å². The minimum atomic E-state index is 0.613. The first-order chi connectivity index (χ1) is 8.38. The summed E-state index contributed by atoms with van der Waals surface area (Å²) >= 11 is 0. The second-order valence-electron chi connectivity index (χ2n) is 5.34. The quantitative estimate of drug-likeness (QED) is 0.774. The lowest BCUT2D eigenvalue weighted by Crippen LogP contribution is -2.31. The van der Waals surface area contributed by atoms with Gasteiger partial charge in [0.2, 0.25) is 0 Å². The summed E-state index contributed by atoms with van der Waals surface area (Å²) in [5, 5.41) is 7.01. The van der Waals surface area contributed by atoms with Crippen LogP contribution in [-0.4, -0.2) is 19.6 Å². The molecule has 2 N–H and O–H groups in total. The Morgan fingerprint density at radius 2 is 2.00 bits per heavy atom. The molecule has 1 atom stereocenters. The predicted molar refractivity (Wildman–Crippen MR) is 72.7 cm³/mol. The summed E-state index contributed by atoms with van der Waals surface area (Å²) in [6.07, 6.45) is 7.82. The Kier molecular flexibility index (Phi) is 3.06. The number of aryl methyl sites for hydroxylation is 1. The van der Waals surface area contributed by atoms with Crippen LogP contribution in [0.5, 0.6) is 0 Å². The van der Waals surface area contributed by atoms with Crippen LogP contribution in [0.2, 0.25) is 0 Å². The average Bonchev–Trinajstić information content (AvgIpc) is 2.60. The lowest BCUT2D eigenvalue weighted by molar-refractivity contribution is 0.551. The first-order valence-corrected chi connectivity index (χ1v) is 6.93. The summed E-state index contributed by atoms with van der Waals surface area (Å²) < 4.78 is 0. The fourth-order valence-corrected chi connectivity index (χ4v) is 3.26.